The maximum absolute atomic E-state index is 13.1. The summed E-state index contributed by atoms with van der Waals surface area (Å²) in [6.45, 7) is 1.86. The van der Waals surface area contributed by atoms with Crippen LogP contribution in [0.1, 0.15) is 35.6 Å². The molecule has 0 saturated carbocycles. The molecular formula is C25H29NO7S. The molecule has 1 N–H and O–H groups in total. The molecule has 0 aliphatic carbocycles. The van der Waals surface area contributed by atoms with Crippen LogP contribution in [-0.2, 0) is 19.1 Å². The molecule has 0 radical (unpaired) electrons. The van der Waals surface area contributed by atoms with Crippen LogP contribution in [0.5, 0.6) is 5.75 Å². The molecule has 9 heteroatoms. The van der Waals surface area contributed by atoms with Gasteiger partial charge < -0.3 is 24.2 Å². The van der Waals surface area contributed by atoms with Crippen LogP contribution >= 0.6 is 11.8 Å². The van der Waals surface area contributed by atoms with E-state index in [2.05, 4.69) is 0 Å². The Labute approximate surface area is 203 Å². The lowest BCUT2D eigenvalue weighted by molar-refractivity contribution is -0.149. The number of hydrogen-bond donors (Lipinski definition) is 1. The number of carbonyl (C=O) groups excluding carboxylic acids is 2. The zero-order chi connectivity index (χ0) is 24.7. The Balaban J connectivity index is 1.63. The van der Waals surface area contributed by atoms with Crippen molar-refractivity contribution in [1.29, 1.82) is 0 Å². The number of likely N-dealkylation sites (tertiary alicyclic amines) is 1. The van der Waals surface area contributed by atoms with Gasteiger partial charge in [-0.15, -0.1) is 0 Å². The van der Waals surface area contributed by atoms with E-state index >= 15 is 0 Å². The summed E-state index contributed by atoms with van der Waals surface area (Å²) < 4.78 is 16.6. The van der Waals surface area contributed by atoms with Gasteiger partial charge >= 0.3 is 5.97 Å². The van der Waals surface area contributed by atoms with Crippen LogP contribution in [0.4, 0.5) is 0 Å². The predicted octanol–water partition coefficient (Wildman–Crippen LogP) is 3.62. The number of hydrogen-bond acceptors (Lipinski definition) is 7. The van der Waals surface area contributed by atoms with Gasteiger partial charge in [-0.2, -0.15) is 0 Å². The molecule has 1 heterocycles. The van der Waals surface area contributed by atoms with Crippen molar-refractivity contribution in [2.24, 2.45) is 5.92 Å². The van der Waals surface area contributed by atoms with E-state index in [1.807, 2.05) is 12.1 Å². The van der Waals surface area contributed by atoms with E-state index in [4.69, 9.17) is 14.2 Å². The lowest BCUT2D eigenvalue weighted by Gasteiger charge is -2.24. The summed E-state index contributed by atoms with van der Waals surface area (Å²) in [4.78, 5) is 38.6. The molecule has 0 spiro atoms. The number of carbonyl (C=O) groups is 3. The number of rotatable bonds is 10. The molecule has 0 aromatic heterocycles. The fraction of sp³-hybridized carbons (Fsp3) is 0.400. The zero-order valence-electron chi connectivity index (χ0n) is 19.4. The van der Waals surface area contributed by atoms with E-state index in [1.165, 1.54) is 19.1 Å². The first-order valence-electron chi connectivity index (χ1n) is 10.9. The highest BCUT2D eigenvalue weighted by atomic mass is 32.2. The molecule has 1 aliphatic rings. The SMILES string of the molecule is COC(OC)c1cccc(OC2C[C@@H](C(=O)O)N(C(=O)C(C)CSC(=O)c3ccccc3)C2)c1. The smallest absolute Gasteiger partial charge is 0.326 e. The molecule has 2 unspecified atom stereocenters. The number of nitrogens with zero attached hydrogens (tertiary/aromatic N) is 1. The van der Waals surface area contributed by atoms with Crippen molar-refractivity contribution in [2.75, 3.05) is 26.5 Å². The Morgan fingerprint density at radius 2 is 1.79 bits per heavy atom. The van der Waals surface area contributed by atoms with Gasteiger partial charge in [0.25, 0.3) is 0 Å². The van der Waals surface area contributed by atoms with Gasteiger partial charge in [0, 0.05) is 43.4 Å². The first-order chi connectivity index (χ1) is 16.3. The van der Waals surface area contributed by atoms with Crippen LogP contribution in [0.2, 0.25) is 0 Å². The monoisotopic (exact) mass is 487 g/mol. The molecular weight excluding hydrogens is 458 g/mol. The Morgan fingerprint density at radius 3 is 2.44 bits per heavy atom. The van der Waals surface area contributed by atoms with Crippen molar-refractivity contribution in [3.05, 3.63) is 65.7 Å². The van der Waals surface area contributed by atoms with E-state index in [1.54, 1.807) is 49.4 Å². The normalized spacial score (nSPS) is 18.6. The topological polar surface area (TPSA) is 102 Å². The second kappa shape index (κ2) is 12.0. The van der Waals surface area contributed by atoms with Crippen LogP contribution in [0.3, 0.4) is 0 Å². The first kappa shape index (κ1) is 25.7. The summed E-state index contributed by atoms with van der Waals surface area (Å²) in [5.41, 5.74) is 1.33. The van der Waals surface area contributed by atoms with Crippen LogP contribution < -0.4 is 4.74 Å². The first-order valence-corrected chi connectivity index (χ1v) is 11.9. The average Bonchev–Trinajstić information content (AvgIpc) is 3.27. The molecule has 182 valence electrons. The standard InChI is InChI=1S/C25H29NO7S/c1-16(15-34-24(30)17-8-5-4-6-9-17)22(27)26-14-20(13-21(26)23(28)29)33-19-11-7-10-18(12-19)25(31-2)32-3/h4-12,16,20-21,25H,13-15H2,1-3H3,(H,28,29)/t16?,20?,21-/m0/s1. The predicted molar refractivity (Wildman–Crippen MR) is 128 cm³/mol. The van der Waals surface area contributed by atoms with Gasteiger partial charge in [-0.3, -0.25) is 9.59 Å². The third-order valence-corrected chi connectivity index (χ3v) is 6.75. The lowest BCUT2D eigenvalue weighted by atomic mass is 10.1. The van der Waals surface area contributed by atoms with E-state index in [0.29, 0.717) is 11.3 Å². The van der Waals surface area contributed by atoms with Crippen LogP contribution in [-0.4, -0.2) is 65.7 Å². The Bertz CT molecular complexity index is 996. The van der Waals surface area contributed by atoms with Crippen molar-refractivity contribution in [3.8, 4) is 5.75 Å². The summed E-state index contributed by atoms with van der Waals surface area (Å²) >= 11 is 1.06. The van der Waals surface area contributed by atoms with Crippen LogP contribution in [0, 0.1) is 5.92 Å². The molecule has 3 rings (SSSR count). The molecule has 1 saturated heterocycles. The fourth-order valence-corrected chi connectivity index (χ4v) is 4.72. The molecule has 0 bridgehead atoms. The van der Waals surface area contributed by atoms with Gasteiger partial charge in [0.2, 0.25) is 11.0 Å². The number of carboxylic acid groups (broad SMARTS) is 1. The number of benzene rings is 2. The van der Waals surface area contributed by atoms with Crippen molar-refractivity contribution < 1.29 is 33.7 Å². The molecule has 1 amide bonds. The molecule has 1 aliphatic heterocycles. The van der Waals surface area contributed by atoms with Gasteiger partial charge in [0.05, 0.1) is 6.54 Å². The van der Waals surface area contributed by atoms with Gasteiger partial charge in [-0.25, -0.2) is 4.79 Å². The Kier molecular flexibility index (Phi) is 9.09. The molecule has 1 fully saturated rings. The highest BCUT2D eigenvalue weighted by Crippen LogP contribution is 2.28. The quantitative estimate of drug-likeness (QED) is 0.507. The lowest BCUT2D eigenvalue weighted by Crippen LogP contribution is -2.43. The van der Waals surface area contributed by atoms with E-state index in [-0.39, 0.29) is 29.7 Å². The number of amides is 1. The van der Waals surface area contributed by atoms with E-state index < -0.39 is 30.3 Å². The van der Waals surface area contributed by atoms with Crippen molar-refractivity contribution in [3.63, 3.8) is 0 Å². The van der Waals surface area contributed by atoms with E-state index in [0.717, 1.165) is 17.3 Å². The van der Waals surface area contributed by atoms with Crippen LogP contribution in [0.25, 0.3) is 0 Å². The highest BCUT2D eigenvalue weighted by Gasteiger charge is 2.42. The summed E-state index contributed by atoms with van der Waals surface area (Å²) in [5, 5.41) is 9.58. The van der Waals surface area contributed by atoms with Gasteiger partial charge in [-0.1, -0.05) is 61.2 Å². The summed E-state index contributed by atoms with van der Waals surface area (Å²) in [7, 11) is 3.07. The summed E-state index contributed by atoms with van der Waals surface area (Å²) in [6.07, 6.45) is -0.852. The summed E-state index contributed by atoms with van der Waals surface area (Å²) in [6, 6.07) is 15.0. The molecule has 2 aromatic carbocycles. The highest BCUT2D eigenvalue weighted by molar-refractivity contribution is 8.14. The molecule has 8 nitrogen and oxygen atoms in total. The molecule has 3 atom stereocenters. The number of methoxy groups -OCH3 is 2. The van der Waals surface area contributed by atoms with Gasteiger partial charge in [0.15, 0.2) is 6.29 Å². The Hall–Kier alpha value is -2.88. The van der Waals surface area contributed by atoms with Crippen LogP contribution in [0.15, 0.2) is 54.6 Å². The summed E-state index contributed by atoms with van der Waals surface area (Å²) in [5.74, 6) is -1.10. The van der Waals surface area contributed by atoms with E-state index in [9.17, 15) is 19.5 Å². The molecule has 34 heavy (non-hydrogen) atoms. The van der Waals surface area contributed by atoms with Crippen molar-refractivity contribution in [1.82, 2.24) is 4.90 Å². The maximum Gasteiger partial charge on any atom is 0.326 e. The second-order valence-corrected chi connectivity index (χ2v) is 9.05. The average molecular weight is 488 g/mol. The fourth-order valence-electron chi connectivity index (χ4n) is 3.87. The maximum atomic E-state index is 13.1. The second-order valence-electron chi connectivity index (χ2n) is 8.06. The third-order valence-electron chi connectivity index (χ3n) is 5.59. The van der Waals surface area contributed by atoms with Crippen molar-refractivity contribution >= 4 is 28.8 Å². The number of thioether (sulfide) groups is 1. The Morgan fingerprint density at radius 1 is 1.09 bits per heavy atom. The minimum absolute atomic E-state index is 0.122. The largest absolute Gasteiger partial charge is 0.488 e. The van der Waals surface area contributed by atoms with Crippen molar-refractivity contribution in [2.45, 2.75) is 31.8 Å². The van der Waals surface area contributed by atoms with Gasteiger partial charge in [0.1, 0.15) is 17.9 Å². The zero-order valence-corrected chi connectivity index (χ0v) is 20.2. The molecule has 2 aromatic rings. The van der Waals surface area contributed by atoms with Gasteiger partial charge in [-0.05, 0) is 12.1 Å². The number of carboxylic acids is 1. The number of ether oxygens (including phenoxy) is 3. The third kappa shape index (κ3) is 6.37. The number of aliphatic carboxylic acids is 1. The minimum Gasteiger partial charge on any atom is -0.488 e. The minimum atomic E-state index is -1.08.